The van der Waals surface area contributed by atoms with E-state index in [0.29, 0.717) is 5.78 Å². The van der Waals surface area contributed by atoms with Crippen molar-refractivity contribution in [1.29, 1.82) is 0 Å². The van der Waals surface area contributed by atoms with E-state index in [4.69, 9.17) is 5.11 Å². The van der Waals surface area contributed by atoms with Crippen molar-refractivity contribution >= 4 is 5.78 Å². The Morgan fingerprint density at radius 1 is 1.14 bits per heavy atom. The number of ketones is 1. The van der Waals surface area contributed by atoms with Crippen molar-refractivity contribution < 1.29 is 9.90 Å². The van der Waals surface area contributed by atoms with Crippen LogP contribution >= 0.6 is 0 Å². The average Bonchev–Trinajstić information content (AvgIpc) is 3.01. The molecule has 0 bridgehead atoms. The molecule has 120 valence electrons. The first-order chi connectivity index (χ1) is 10.8. The van der Waals surface area contributed by atoms with Crippen molar-refractivity contribution in [2.75, 3.05) is 6.61 Å². The molecule has 2 heteroatoms. The van der Waals surface area contributed by atoms with E-state index in [1.807, 2.05) is 6.08 Å². The second-order valence-electron chi connectivity index (χ2n) is 7.88. The summed E-state index contributed by atoms with van der Waals surface area (Å²) >= 11 is 0. The van der Waals surface area contributed by atoms with Crippen molar-refractivity contribution in [2.45, 2.75) is 64.2 Å². The van der Waals surface area contributed by atoms with E-state index >= 15 is 0 Å². The molecule has 0 aromatic heterocycles. The van der Waals surface area contributed by atoms with E-state index in [2.05, 4.69) is 0 Å². The lowest BCUT2D eigenvalue weighted by atomic mass is 9.62. The Hall–Kier alpha value is -0.890. The van der Waals surface area contributed by atoms with Gasteiger partial charge in [-0.2, -0.15) is 0 Å². The van der Waals surface area contributed by atoms with Gasteiger partial charge in [0, 0.05) is 12.5 Å². The molecule has 1 unspecified atom stereocenters. The maximum absolute atomic E-state index is 12.3. The Balaban J connectivity index is 1.63. The molecule has 0 radical (unpaired) electrons. The summed E-state index contributed by atoms with van der Waals surface area (Å²) in [5, 5.41) is 9.07. The Morgan fingerprint density at radius 3 is 2.91 bits per heavy atom. The molecule has 2 nitrogen and oxygen atoms in total. The highest BCUT2D eigenvalue weighted by Crippen LogP contribution is 2.54. The summed E-state index contributed by atoms with van der Waals surface area (Å²) in [6.07, 6.45) is 14.0. The van der Waals surface area contributed by atoms with Crippen molar-refractivity contribution in [1.82, 2.24) is 0 Å². The molecule has 4 atom stereocenters. The van der Waals surface area contributed by atoms with E-state index in [0.717, 1.165) is 43.4 Å². The molecule has 0 aliphatic heterocycles. The van der Waals surface area contributed by atoms with Crippen LogP contribution in [0.2, 0.25) is 0 Å². The molecule has 2 fully saturated rings. The molecule has 0 heterocycles. The van der Waals surface area contributed by atoms with Crippen molar-refractivity contribution in [2.24, 2.45) is 23.7 Å². The van der Waals surface area contributed by atoms with Crippen LogP contribution in [-0.4, -0.2) is 17.5 Å². The molecule has 2 saturated carbocycles. The third-order valence-corrected chi connectivity index (χ3v) is 6.85. The van der Waals surface area contributed by atoms with Gasteiger partial charge in [-0.1, -0.05) is 18.4 Å². The molecule has 4 aliphatic carbocycles. The first kappa shape index (κ1) is 14.7. The van der Waals surface area contributed by atoms with E-state index in [9.17, 15) is 4.79 Å². The first-order valence-electron chi connectivity index (χ1n) is 9.35. The van der Waals surface area contributed by atoms with Gasteiger partial charge in [-0.05, 0) is 86.3 Å². The number of carbonyl (C=O) groups is 1. The second kappa shape index (κ2) is 5.96. The van der Waals surface area contributed by atoms with Crippen LogP contribution in [0.3, 0.4) is 0 Å². The van der Waals surface area contributed by atoms with Crippen LogP contribution in [0.15, 0.2) is 22.8 Å². The Kier molecular flexibility index (Phi) is 3.98. The predicted octanol–water partition coefficient (Wildman–Crippen LogP) is 4.19. The number of carbonyl (C=O) groups excluding carboxylic acids is 1. The molecule has 0 spiro atoms. The summed E-state index contributed by atoms with van der Waals surface area (Å²) < 4.78 is 0. The fourth-order valence-electron chi connectivity index (χ4n) is 5.81. The fraction of sp³-hybridized carbons (Fsp3) is 0.750. The van der Waals surface area contributed by atoms with Gasteiger partial charge < -0.3 is 5.11 Å². The molecule has 0 saturated heterocycles. The minimum Gasteiger partial charge on any atom is -0.396 e. The quantitative estimate of drug-likeness (QED) is 0.848. The van der Waals surface area contributed by atoms with Crippen LogP contribution < -0.4 is 0 Å². The lowest BCUT2D eigenvalue weighted by molar-refractivity contribution is -0.118. The lowest BCUT2D eigenvalue weighted by Gasteiger charge is -2.42. The summed E-state index contributed by atoms with van der Waals surface area (Å²) in [6.45, 7) is 0.207. The number of rotatable bonds is 3. The zero-order valence-corrected chi connectivity index (χ0v) is 13.5. The number of fused-ring (bicyclic) bond motifs is 4. The van der Waals surface area contributed by atoms with E-state index in [-0.39, 0.29) is 12.5 Å². The standard InChI is InChI=1S/C20H28O2/c21-10-2-4-15-11-19-14(12-20(15)22)7-9-17-16-5-1-3-13(16)6-8-18(17)19/h12-13,15-17,21H,1-11H2/t13-,15?,16+,17-/m0/s1. The SMILES string of the molecule is O=C1C=C2CC[C@@H]3C(=C2CC1CCCO)CC[C@@H]1CCC[C@H]13. The number of aliphatic hydroxyl groups excluding tert-OH is 1. The highest BCUT2D eigenvalue weighted by Gasteiger charge is 2.42. The second-order valence-corrected chi connectivity index (χ2v) is 7.88. The smallest absolute Gasteiger partial charge is 0.159 e. The van der Waals surface area contributed by atoms with E-state index < -0.39 is 0 Å². The zero-order valence-electron chi connectivity index (χ0n) is 13.5. The third kappa shape index (κ3) is 2.40. The first-order valence-corrected chi connectivity index (χ1v) is 9.35. The van der Waals surface area contributed by atoms with Gasteiger partial charge in [0.15, 0.2) is 5.78 Å². The minimum atomic E-state index is 0.137. The summed E-state index contributed by atoms with van der Waals surface area (Å²) in [4.78, 5) is 12.3. The van der Waals surface area contributed by atoms with E-state index in [1.165, 1.54) is 44.1 Å². The normalized spacial score (nSPS) is 37.5. The molecule has 4 rings (SSSR count). The highest BCUT2D eigenvalue weighted by molar-refractivity contribution is 5.95. The zero-order chi connectivity index (χ0) is 15.1. The average molecular weight is 300 g/mol. The lowest BCUT2D eigenvalue weighted by Crippen LogP contribution is -2.32. The number of hydrogen-bond donors (Lipinski definition) is 1. The molecule has 22 heavy (non-hydrogen) atoms. The monoisotopic (exact) mass is 300 g/mol. The number of allylic oxidation sites excluding steroid dienone is 4. The molecular weight excluding hydrogens is 272 g/mol. The Morgan fingerprint density at radius 2 is 2.05 bits per heavy atom. The van der Waals surface area contributed by atoms with Gasteiger partial charge in [-0.3, -0.25) is 4.79 Å². The van der Waals surface area contributed by atoms with Crippen LogP contribution in [0.1, 0.15) is 64.2 Å². The summed E-state index contributed by atoms with van der Waals surface area (Å²) in [7, 11) is 0. The van der Waals surface area contributed by atoms with Gasteiger partial charge in [0.05, 0.1) is 0 Å². The summed E-state index contributed by atoms with van der Waals surface area (Å²) in [6, 6.07) is 0. The topological polar surface area (TPSA) is 37.3 Å². The predicted molar refractivity (Wildman–Crippen MR) is 87.3 cm³/mol. The van der Waals surface area contributed by atoms with Gasteiger partial charge in [-0.15, -0.1) is 0 Å². The van der Waals surface area contributed by atoms with Crippen LogP contribution in [0, 0.1) is 23.7 Å². The van der Waals surface area contributed by atoms with Crippen LogP contribution in [0.5, 0.6) is 0 Å². The molecule has 4 aliphatic rings. The molecule has 0 amide bonds. The summed E-state index contributed by atoms with van der Waals surface area (Å²) in [5.74, 6) is 3.24. The summed E-state index contributed by atoms with van der Waals surface area (Å²) in [5.41, 5.74) is 4.68. The molecule has 1 N–H and O–H groups in total. The molecular formula is C20H28O2. The largest absolute Gasteiger partial charge is 0.396 e. The van der Waals surface area contributed by atoms with Crippen LogP contribution in [0.25, 0.3) is 0 Å². The third-order valence-electron chi connectivity index (χ3n) is 6.85. The van der Waals surface area contributed by atoms with Crippen molar-refractivity contribution in [3.05, 3.63) is 22.8 Å². The fourth-order valence-corrected chi connectivity index (χ4v) is 5.81. The van der Waals surface area contributed by atoms with Gasteiger partial charge in [-0.25, -0.2) is 0 Å². The maximum atomic E-state index is 12.3. The number of hydrogen-bond acceptors (Lipinski definition) is 2. The molecule has 0 aromatic rings. The maximum Gasteiger partial charge on any atom is 0.159 e. The van der Waals surface area contributed by atoms with Crippen LogP contribution in [0.4, 0.5) is 0 Å². The van der Waals surface area contributed by atoms with Gasteiger partial charge in [0.1, 0.15) is 0 Å². The number of aliphatic hydroxyl groups is 1. The Labute approximate surface area is 133 Å². The van der Waals surface area contributed by atoms with Gasteiger partial charge >= 0.3 is 0 Å². The van der Waals surface area contributed by atoms with Gasteiger partial charge in [0.2, 0.25) is 0 Å². The highest BCUT2D eigenvalue weighted by atomic mass is 16.2. The minimum absolute atomic E-state index is 0.137. The van der Waals surface area contributed by atoms with Crippen molar-refractivity contribution in [3.63, 3.8) is 0 Å². The Bertz CT molecular complexity index is 528. The van der Waals surface area contributed by atoms with Crippen LogP contribution in [-0.2, 0) is 4.79 Å². The van der Waals surface area contributed by atoms with Gasteiger partial charge in [0.25, 0.3) is 0 Å². The van der Waals surface area contributed by atoms with Crippen molar-refractivity contribution in [3.8, 4) is 0 Å². The van der Waals surface area contributed by atoms with E-state index in [1.54, 1.807) is 11.1 Å². The molecule has 0 aromatic carbocycles.